The molecule has 1 aromatic heterocycles. The van der Waals surface area contributed by atoms with Gasteiger partial charge in [-0.3, -0.25) is 0 Å². The van der Waals surface area contributed by atoms with Gasteiger partial charge < -0.3 is 0 Å². The summed E-state index contributed by atoms with van der Waals surface area (Å²) in [6, 6.07) is 71.4. The first-order valence-corrected chi connectivity index (χ1v) is 22.7. The molecule has 62 heavy (non-hydrogen) atoms. The Morgan fingerprint density at radius 2 is 0.806 bits per heavy atom. The summed E-state index contributed by atoms with van der Waals surface area (Å²) in [6.45, 7) is 0. The van der Waals surface area contributed by atoms with Crippen LogP contribution in [-0.2, 0) is 5.41 Å². The standard InChI is InChI=1S/C60H46N2/c1-3-16-40(17-4-1)46-22-9-13-26-50(46)56-37-57(62-59(61-56)41-18-5-2-6-19-41)51-27-14-12-24-48(51)47-23-10-11-25-49(47)52-28-15-29-54-58(52)53-35-42-20-7-8-21-43(42)36-55(53)60(54)44-31-38-30-39(33-44)34-45(60)32-38/h1-29,35-39,44-45H,30-34H2. The van der Waals surface area contributed by atoms with Crippen molar-refractivity contribution in [3.63, 3.8) is 0 Å². The molecule has 0 amide bonds. The number of benzene rings is 8. The van der Waals surface area contributed by atoms with Crippen LogP contribution in [-0.4, -0.2) is 9.97 Å². The van der Waals surface area contributed by atoms with E-state index in [1.165, 1.54) is 81.8 Å². The highest BCUT2D eigenvalue weighted by atomic mass is 14.9. The maximum atomic E-state index is 5.39. The van der Waals surface area contributed by atoms with Crippen LogP contribution in [0.5, 0.6) is 0 Å². The van der Waals surface area contributed by atoms with Gasteiger partial charge in [0.05, 0.1) is 11.4 Å². The van der Waals surface area contributed by atoms with Crippen LogP contribution in [0.25, 0.3) is 89.2 Å². The molecule has 4 bridgehead atoms. The third-order valence-electron chi connectivity index (χ3n) is 15.3. The fourth-order valence-corrected chi connectivity index (χ4v) is 13.1. The minimum atomic E-state index is 0.0756. The predicted octanol–water partition coefficient (Wildman–Crippen LogP) is 15.4. The van der Waals surface area contributed by atoms with E-state index < -0.39 is 0 Å². The fraction of sp³-hybridized carbons (Fsp3) is 0.167. The number of nitrogens with zero attached hydrogens (tertiary/aromatic N) is 2. The van der Waals surface area contributed by atoms with Gasteiger partial charge in [-0.2, -0.15) is 0 Å². The summed E-state index contributed by atoms with van der Waals surface area (Å²) in [5.41, 5.74) is 18.5. The summed E-state index contributed by atoms with van der Waals surface area (Å²) in [4.78, 5) is 10.7. The molecule has 4 saturated carbocycles. The Balaban J connectivity index is 1.02. The number of fused-ring (bicyclic) bond motifs is 4. The highest BCUT2D eigenvalue weighted by Crippen LogP contribution is 2.70. The lowest BCUT2D eigenvalue weighted by Crippen LogP contribution is -2.55. The van der Waals surface area contributed by atoms with Crippen molar-refractivity contribution in [1.29, 1.82) is 0 Å². The second kappa shape index (κ2) is 14.1. The minimum absolute atomic E-state index is 0.0756. The molecule has 5 aliphatic carbocycles. The molecule has 1 spiro atoms. The molecule has 14 rings (SSSR count). The third kappa shape index (κ3) is 5.42. The Kier molecular flexibility index (Phi) is 8.13. The third-order valence-corrected chi connectivity index (χ3v) is 15.3. The molecule has 0 unspecified atom stereocenters. The van der Waals surface area contributed by atoms with Crippen molar-refractivity contribution in [2.75, 3.05) is 0 Å². The molecule has 5 aliphatic rings. The first-order chi connectivity index (χ1) is 30.7. The lowest BCUT2D eigenvalue weighted by molar-refractivity contribution is -0.0398. The Hall–Kier alpha value is -6.90. The van der Waals surface area contributed by atoms with Gasteiger partial charge in [0.25, 0.3) is 0 Å². The molecule has 0 N–H and O–H groups in total. The van der Waals surface area contributed by atoms with Gasteiger partial charge in [-0.05, 0) is 140 Å². The normalized spacial score (nSPS) is 21.6. The zero-order valence-corrected chi connectivity index (χ0v) is 34.7. The van der Waals surface area contributed by atoms with Gasteiger partial charge in [0.1, 0.15) is 0 Å². The van der Waals surface area contributed by atoms with E-state index in [1.807, 2.05) is 0 Å². The lowest BCUT2D eigenvalue weighted by Gasteiger charge is -2.61. The fourth-order valence-electron chi connectivity index (χ4n) is 13.1. The van der Waals surface area contributed by atoms with Gasteiger partial charge in [-0.25, -0.2) is 9.97 Å². The highest BCUT2D eigenvalue weighted by molar-refractivity contribution is 6.02. The molecule has 0 aliphatic heterocycles. The van der Waals surface area contributed by atoms with E-state index >= 15 is 0 Å². The van der Waals surface area contributed by atoms with Crippen molar-refractivity contribution in [1.82, 2.24) is 9.97 Å². The molecule has 9 aromatic rings. The monoisotopic (exact) mass is 794 g/mol. The Bertz CT molecular complexity index is 3170. The molecule has 0 atom stereocenters. The first kappa shape index (κ1) is 35.8. The molecule has 2 heteroatoms. The van der Waals surface area contributed by atoms with Crippen LogP contribution in [0.1, 0.15) is 43.2 Å². The molecule has 4 fully saturated rings. The summed E-state index contributed by atoms with van der Waals surface area (Å²) < 4.78 is 0. The van der Waals surface area contributed by atoms with Crippen LogP contribution in [0.3, 0.4) is 0 Å². The van der Waals surface area contributed by atoms with Gasteiger partial charge in [-0.15, -0.1) is 0 Å². The van der Waals surface area contributed by atoms with Gasteiger partial charge in [0.2, 0.25) is 0 Å². The zero-order valence-electron chi connectivity index (χ0n) is 34.7. The quantitative estimate of drug-likeness (QED) is 0.168. The summed E-state index contributed by atoms with van der Waals surface area (Å²) in [5, 5.41) is 2.70. The average molecular weight is 795 g/mol. The average Bonchev–Trinajstić information content (AvgIpc) is 3.62. The van der Waals surface area contributed by atoms with Crippen molar-refractivity contribution in [3.8, 4) is 78.4 Å². The lowest BCUT2D eigenvalue weighted by atomic mass is 9.43. The Morgan fingerprint density at radius 3 is 1.44 bits per heavy atom. The van der Waals surface area contributed by atoms with E-state index in [0.29, 0.717) is 11.8 Å². The molecule has 8 aromatic carbocycles. The van der Waals surface area contributed by atoms with E-state index in [2.05, 4.69) is 194 Å². The predicted molar refractivity (Wildman–Crippen MR) is 255 cm³/mol. The largest absolute Gasteiger partial charge is 0.228 e. The van der Waals surface area contributed by atoms with Gasteiger partial charge in [-0.1, -0.05) is 176 Å². The number of hydrogen-bond acceptors (Lipinski definition) is 2. The summed E-state index contributed by atoms with van der Waals surface area (Å²) in [6.07, 6.45) is 6.93. The Labute approximate surface area is 364 Å². The summed E-state index contributed by atoms with van der Waals surface area (Å²) in [7, 11) is 0. The van der Waals surface area contributed by atoms with Crippen molar-refractivity contribution in [2.45, 2.75) is 37.5 Å². The van der Waals surface area contributed by atoms with Crippen molar-refractivity contribution in [3.05, 3.63) is 205 Å². The number of aromatic nitrogens is 2. The van der Waals surface area contributed by atoms with E-state index in [4.69, 9.17) is 9.97 Å². The summed E-state index contributed by atoms with van der Waals surface area (Å²) >= 11 is 0. The Morgan fingerprint density at radius 1 is 0.339 bits per heavy atom. The van der Waals surface area contributed by atoms with Crippen LogP contribution in [0.15, 0.2) is 194 Å². The van der Waals surface area contributed by atoms with Crippen LogP contribution < -0.4 is 0 Å². The second-order valence-corrected chi connectivity index (χ2v) is 18.5. The van der Waals surface area contributed by atoms with Gasteiger partial charge >= 0.3 is 0 Å². The molecule has 1 heterocycles. The van der Waals surface area contributed by atoms with Crippen LogP contribution >= 0.6 is 0 Å². The van der Waals surface area contributed by atoms with E-state index in [-0.39, 0.29) is 5.41 Å². The van der Waals surface area contributed by atoms with Crippen molar-refractivity contribution < 1.29 is 0 Å². The maximum Gasteiger partial charge on any atom is 0.160 e. The van der Waals surface area contributed by atoms with E-state index in [9.17, 15) is 0 Å². The van der Waals surface area contributed by atoms with Crippen LogP contribution in [0, 0.1) is 23.7 Å². The first-order valence-electron chi connectivity index (χ1n) is 22.7. The maximum absolute atomic E-state index is 5.39. The molecular weight excluding hydrogens is 749 g/mol. The smallest absolute Gasteiger partial charge is 0.160 e. The van der Waals surface area contributed by atoms with Crippen LogP contribution in [0.4, 0.5) is 0 Å². The topological polar surface area (TPSA) is 25.8 Å². The SMILES string of the molecule is c1ccc(-c2nc(-c3ccccc3-c3ccccc3)cc(-c3ccccc3-c3ccccc3-c3cccc4c3-c3cc5ccccc5cc3C43C4CC5CC(C4)CC3C5)n2)cc1. The molecule has 0 radical (unpaired) electrons. The van der Waals surface area contributed by atoms with Gasteiger partial charge in [0, 0.05) is 22.1 Å². The van der Waals surface area contributed by atoms with Crippen molar-refractivity contribution in [2.24, 2.45) is 23.7 Å². The van der Waals surface area contributed by atoms with Crippen LogP contribution in [0.2, 0.25) is 0 Å². The minimum Gasteiger partial charge on any atom is -0.228 e. The molecule has 296 valence electrons. The summed E-state index contributed by atoms with van der Waals surface area (Å²) in [5.74, 6) is 3.91. The van der Waals surface area contributed by atoms with Gasteiger partial charge in [0.15, 0.2) is 5.82 Å². The number of rotatable bonds is 6. The highest BCUT2D eigenvalue weighted by Gasteiger charge is 2.61. The van der Waals surface area contributed by atoms with E-state index in [1.54, 1.807) is 11.1 Å². The molecular formula is C60H46N2. The van der Waals surface area contributed by atoms with E-state index in [0.717, 1.165) is 51.3 Å². The number of hydrogen-bond donors (Lipinski definition) is 0. The zero-order chi connectivity index (χ0) is 40.8. The second-order valence-electron chi connectivity index (χ2n) is 18.5. The van der Waals surface area contributed by atoms with Crippen molar-refractivity contribution >= 4 is 10.8 Å². The molecule has 2 nitrogen and oxygen atoms in total. The molecule has 0 saturated heterocycles.